The molecule has 23 heavy (non-hydrogen) atoms. The summed E-state index contributed by atoms with van der Waals surface area (Å²) in [5, 5.41) is 1.20. The van der Waals surface area contributed by atoms with Gasteiger partial charge >= 0.3 is 0 Å². The molecular formula is C21H37NSn. The molecule has 1 aromatic carbocycles. The molecule has 0 unspecified atom stereocenters. The van der Waals surface area contributed by atoms with Crippen molar-refractivity contribution in [1.29, 1.82) is 0 Å². The van der Waals surface area contributed by atoms with Crippen LogP contribution in [0.2, 0.25) is 0 Å². The minimum absolute atomic E-state index is 0. The van der Waals surface area contributed by atoms with Crippen molar-refractivity contribution in [2.75, 3.05) is 0 Å². The van der Waals surface area contributed by atoms with Crippen molar-refractivity contribution in [2.45, 2.75) is 80.1 Å². The maximum Gasteiger partial charge on any atom is 0.0701 e. The van der Waals surface area contributed by atoms with Crippen molar-refractivity contribution in [3.63, 3.8) is 0 Å². The van der Waals surface area contributed by atoms with Crippen LogP contribution in [0.25, 0.3) is 10.9 Å². The third-order valence-electron chi connectivity index (χ3n) is 3.01. The van der Waals surface area contributed by atoms with Crippen molar-refractivity contribution >= 4 is 34.8 Å². The molecule has 0 amide bonds. The maximum atomic E-state index is 4.18. The van der Waals surface area contributed by atoms with Crippen molar-refractivity contribution in [1.82, 2.24) is 4.98 Å². The molecule has 0 spiro atoms. The SMILES string of the molecule is CCCC.CCCC.CCCC.[Sn].c1ccc2ncccc2c1. The Kier molecular flexibility index (Phi) is 28.1. The summed E-state index contributed by atoms with van der Waals surface area (Å²) in [7, 11) is 0. The van der Waals surface area contributed by atoms with Crippen LogP contribution in [-0.4, -0.2) is 28.9 Å². The summed E-state index contributed by atoms with van der Waals surface area (Å²) in [6, 6.07) is 12.1. The summed E-state index contributed by atoms with van der Waals surface area (Å²) >= 11 is 0. The van der Waals surface area contributed by atoms with E-state index in [2.05, 4.69) is 58.7 Å². The summed E-state index contributed by atoms with van der Waals surface area (Å²) in [5.74, 6) is 0. The van der Waals surface area contributed by atoms with E-state index in [0.717, 1.165) is 5.52 Å². The van der Waals surface area contributed by atoms with Gasteiger partial charge in [0.05, 0.1) is 5.52 Å². The fraction of sp³-hybridized carbons (Fsp3) is 0.571. The van der Waals surface area contributed by atoms with E-state index in [9.17, 15) is 0 Å². The second-order valence-electron chi connectivity index (χ2n) is 5.20. The summed E-state index contributed by atoms with van der Waals surface area (Å²) in [6.45, 7) is 13.1. The molecule has 0 saturated heterocycles. The third kappa shape index (κ3) is 19.4. The Labute approximate surface area is 162 Å². The van der Waals surface area contributed by atoms with Gasteiger partial charge in [-0.05, 0) is 12.1 Å². The van der Waals surface area contributed by atoms with Crippen LogP contribution in [0, 0.1) is 0 Å². The smallest absolute Gasteiger partial charge is 0.0701 e. The van der Waals surface area contributed by atoms with Gasteiger partial charge in [-0.3, -0.25) is 4.98 Å². The Bertz CT molecular complexity index is 348. The molecule has 1 heterocycles. The van der Waals surface area contributed by atoms with Crippen molar-refractivity contribution in [2.24, 2.45) is 0 Å². The van der Waals surface area contributed by atoms with Gasteiger partial charge in [0, 0.05) is 35.5 Å². The number of nitrogens with zero attached hydrogens (tertiary/aromatic N) is 1. The van der Waals surface area contributed by atoms with Gasteiger partial charge in [-0.2, -0.15) is 0 Å². The zero-order valence-electron chi connectivity index (χ0n) is 16.2. The van der Waals surface area contributed by atoms with Gasteiger partial charge in [0.1, 0.15) is 0 Å². The predicted molar refractivity (Wildman–Crippen MR) is 109 cm³/mol. The number of pyridine rings is 1. The first-order chi connectivity index (χ1) is 10.7. The molecule has 130 valence electrons. The van der Waals surface area contributed by atoms with Crippen molar-refractivity contribution < 1.29 is 0 Å². The minimum Gasteiger partial charge on any atom is -0.256 e. The molecule has 0 aliphatic carbocycles. The molecule has 0 bridgehead atoms. The third-order valence-corrected chi connectivity index (χ3v) is 3.01. The number of benzene rings is 1. The average Bonchev–Trinajstić information content (AvgIpc) is 2.62. The molecule has 4 radical (unpaired) electrons. The van der Waals surface area contributed by atoms with Gasteiger partial charge in [0.25, 0.3) is 0 Å². The number of fused-ring (bicyclic) bond motifs is 1. The maximum absolute atomic E-state index is 4.18. The topological polar surface area (TPSA) is 12.9 Å². The minimum atomic E-state index is 0. The first-order valence-corrected chi connectivity index (χ1v) is 9.01. The zero-order valence-corrected chi connectivity index (χ0v) is 19.1. The molecule has 0 saturated carbocycles. The summed E-state index contributed by atoms with van der Waals surface area (Å²) in [4.78, 5) is 4.18. The summed E-state index contributed by atoms with van der Waals surface area (Å²) < 4.78 is 0. The normalized spacial score (nSPS) is 8.26. The number of para-hydroxylation sites is 1. The monoisotopic (exact) mass is 423 g/mol. The van der Waals surface area contributed by atoms with E-state index in [1.165, 1.54) is 43.9 Å². The number of rotatable bonds is 3. The van der Waals surface area contributed by atoms with E-state index in [1.807, 2.05) is 30.5 Å². The number of unbranched alkanes of at least 4 members (excludes halogenated alkanes) is 3. The van der Waals surface area contributed by atoms with Crippen LogP contribution in [0.3, 0.4) is 0 Å². The fourth-order valence-electron chi connectivity index (χ4n) is 1.02. The quantitative estimate of drug-likeness (QED) is 0.474. The van der Waals surface area contributed by atoms with E-state index >= 15 is 0 Å². The molecular weight excluding hydrogens is 385 g/mol. The van der Waals surface area contributed by atoms with Crippen LogP contribution in [0.1, 0.15) is 80.1 Å². The molecule has 2 aromatic rings. The van der Waals surface area contributed by atoms with Gasteiger partial charge in [0.2, 0.25) is 0 Å². The van der Waals surface area contributed by atoms with Gasteiger partial charge in [-0.1, -0.05) is 104 Å². The Morgan fingerprint density at radius 1 is 0.609 bits per heavy atom. The molecule has 1 nitrogen and oxygen atoms in total. The van der Waals surface area contributed by atoms with Crippen LogP contribution in [0.4, 0.5) is 0 Å². The summed E-state index contributed by atoms with van der Waals surface area (Å²) in [5.41, 5.74) is 1.06. The van der Waals surface area contributed by atoms with Crippen molar-refractivity contribution in [3.8, 4) is 0 Å². The van der Waals surface area contributed by atoms with Gasteiger partial charge in [-0.15, -0.1) is 0 Å². The second-order valence-corrected chi connectivity index (χ2v) is 5.20. The van der Waals surface area contributed by atoms with E-state index in [1.54, 1.807) is 0 Å². The zero-order chi connectivity index (χ0) is 17.1. The van der Waals surface area contributed by atoms with Crippen LogP contribution >= 0.6 is 0 Å². The summed E-state index contributed by atoms with van der Waals surface area (Å²) in [6.07, 6.45) is 9.72. The van der Waals surface area contributed by atoms with E-state index in [-0.39, 0.29) is 23.9 Å². The average molecular weight is 422 g/mol. The molecule has 0 N–H and O–H groups in total. The molecule has 0 aliphatic rings. The molecule has 0 aliphatic heterocycles. The number of hydrogen-bond donors (Lipinski definition) is 0. The molecule has 0 atom stereocenters. The standard InChI is InChI=1S/C9H7N.3C4H10.Sn/c1-2-6-9-8(4-1)5-3-7-10-9;3*1-3-4-2;/h1-7H;3*3-4H2,1-2H3;. The molecule has 2 rings (SSSR count). The van der Waals surface area contributed by atoms with E-state index in [0.29, 0.717) is 0 Å². The first-order valence-electron chi connectivity index (χ1n) is 9.01. The van der Waals surface area contributed by atoms with Crippen LogP contribution in [0.15, 0.2) is 42.6 Å². The van der Waals surface area contributed by atoms with Gasteiger partial charge in [-0.25, -0.2) is 0 Å². The fourth-order valence-corrected chi connectivity index (χ4v) is 1.02. The number of hydrogen-bond acceptors (Lipinski definition) is 1. The van der Waals surface area contributed by atoms with Crippen LogP contribution in [-0.2, 0) is 0 Å². The predicted octanol–water partition coefficient (Wildman–Crippen LogP) is 7.27. The molecule has 0 fully saturated rings. The second kappa shape index (κ2) is 23.7. The Morgan fingerprint density at radius 3 is 1.39 bits per heavy atom. The Balaban J connectivity index is -0.000000264. The molecule has 1 aromatic heterocycles. The van der Waals surface area contributed by atoms with E-state index < -0.39 is 0 Å². The van der Waals surface area contributed by atoms with Crippen LogP contribution in [0.5, 0.6) is 0 Å². The largest absolute Gasteiger partial charge is 0.256 e. The number of aromatic nitrogens is 1. The van der Waals surface area contributed by atoms with Gasteiger partial charge < -0.3 is 0 Å². The first kappa shape index (κ1) is 27.3. The van der Waals surface area contributed by atoms with Crippen LogP contribution < -0.4 is 0 Å². The van der Waals surface area contributed by atoms with Gasteiger partial charge in [0.15, 0.2) is 0 Å². The Hall–Kier alpha value is -0.571. The van der Waals surface area contributed by atoms with E-state index in [4.69, 9.17) is 0 Å². The Morgan fingerprint density at radius 2 is 1.00 bits per heavy atom. The molecule has 2 heteroatoms. The van der Waals surface area contributed by atoms with Crippen molar-refractivity contribution in [3.05, 3.63) is 42.6 Å².